The van der Waals surface area contributed by atoms with Crippen molar-refractivity contribution in [2.24, 2.45) is 0 Å². The summed E-state index contributed by atoms with van der Waals surface area (Å²) >= 11 is 0. The maximum absolute atomic E-state index is 11.8. The normalized spacial score (nSPS) is 10.1. The number of esters is 1. The molecule has 1 heterocycles. The highest BCUT2D eigenvalue weighted by Crippen LogP contribution is 2.36. The first kappa shape index (κ1) is 13.0. The molecule has 0 atom stereocenters. The van der Waals surface area contributed by atoms with Gasteiger partial charge in [0.2, 0.25) is 0 Å². The number of hydrogen-bond donors (Lipinski definition) is 0. The van der Waals surface area contributed by atoms with Crippen LogP contribution in [0.5, 0.6) is 11.5 Å². The van der Waals surface area contributed by atoms with Gasteiger partial charge >= 0.3 is 5.97 Å². The Balaban J connectivity index is 2.65. The molecule has 1 aromatic carbocycles. The highest BCUT2D eigenvalue weighted by Gasteiger charge is 2.19. The number of hydrogen-bond acceptors (Lipinski definition) is 5. The van der Waals surface area contributed by atoms with Gasteiger partial charge in [0.1, 0.15) is 5.76 Å². The molecule has 5 nitrogen and oxygen atoms in total. The fourth-order valence-electron chi connectivity index (χ4n) is 1.79. The van der Waals surface area contributed by atoms with Crippen molar-refractivity contribution < 1.29 is 23.4 Å². The van der Waals surface area contributed by atoms with E-state index in [2.05, 4.69) is 0 Å². The standard InChI is InChI=1S/C14H14O5/c1-16-12-7-9(11-5-4-6-19-11)10(14(15)18-3)8-13(12)17-2/h4-8H,1-3H3. The third-order valence-electron chi connectivity index (χ3n) is 2.72. The summed E-state index contributed by atoms with van der Waals surface area (Å²) in [6.45, 7) is 0. The average molecular weight is 262 g/mol. The molecule has 0 aliphatic rings. The lowest BCUT2D eigenvalue weighted by Crippen LogP contribution is -2.05. The molecule has 0 N–H and O–H groups in total. The molecule has 0 bridgehead atoms. The van der Waals surface area contributed by atoms with Crippen molar-refractivity contribution >= 4 is 5.97 Å². The lowest BCUT2D eigenvalue weighted by molar-refractivity contribution is 0.0601. The second kappa shape index (κ2) is 5.48. The minimum absolute atomic E-state index is 0.357. The lowest BCUT2D eigenvalue weighted by Gasteiger charge is -2.12. The maximum atomic E-state index is 11.8. The highest BCUT2D eigenvalue weighted by molar-refractivity contribution is 5.97. The van der Waals surface area contributed by atoms with Crippen molar-refractivity contribution in [2.75, 3.05) is 21.3 Å². The number of methoxy groups -OCH3 is 3. The van der Waals surface area contributed by atoms with Gasteiger partial charge < -0.3 is 18.6 Å². The van der Waals surface area contributed by atoms with Gasteiger partial charge in [-0.25, -0.2) is 4.79 Å². The van der Waals surface area contributed by atoms with Crippen LogP contribution in [0.2, 0.25) is 0 Å². The second-order valence-corrected chi connectivity index (χ2v) is 3.72. The van der Waals surface area contributed by atoms with Crippen LogP contribution >= 0.6 is 0 Å². The molecule has 0 aliphatic heterocycles. The van der Waals surface area contributed by atoms with E-state index in [-0.39, 0.29) is 0 Å². The Morgan fingerprint density at radius 2 is 1.79 bits per heavy atom. The van der Waals surface area contributed by atoms with E-state index in [9.17, 15) is 4.79 Å². The molecule has 1 aromatic heterocycles. The molecule has 0 radical (unpaired) electrons. The van der Waals surface area contributed by atoms with Crippen LogP contribution in [-0.4, -0.2) is 27.3 Å². The molecule has 0 saturated heterocycles. The average Bonchev–Trinajstić information content (AvgIpc) is 2.98. The fraction of sp³-hybridized carbons (Fsp3) is 0.214. The van der Waals surface area contributed by atoms with Gasteiger partial charge in [0, 0.05) is 5.56 Å². The monoisotopic (exact) mass is 262 g/mol. The second-order valence-electron chi connectivity index (χ2n) is 3.72. The molecular formula is C14H14O5. The van der Waals surface area contributed by atoms with Crippen molar-refractivity contribution in [3.05, 3.63) is 36.1 Å². The van der Waals surface area contributed by atoms with Gasteiger partial charge in [-0.2, -0.15) is 0 Å². The zero-order valence-electron chi connectivity index (χ0n) is 10.9. The van der Waals surface area contributed by atoms with Crippen molar-refractivity contribution in [3.8, 4) is 22.8 Å². The molecule has 0 saturated carbocycles. The van der Waals surface area contributed by atoms with Crippen LogP contribution < -0.4 is 9.47 Å². The van der Waals surface area contributed by atoms with Gasteiger partial charge in [0.25, 0.3) is 0 Å². The molecule has 0 unspecified atom stereocenters. The summed E-state index contributed by atoms with van der Waals surface area (Å²) in [7, 11) is 4.36. The predicted octanol–water partition coefficient (Wildman–Crippen LogP) is 2.75. The van der Waals surface area contributed by atoms with E-state index < -0.39 is 5.97 Å². The smallest absolute Gasteiger partial charge is 0.338 e. The zero-order valence-corrected chi connectivity index (χ0v) is 10.9. The molecule has 0 amide bonds. The van der Waals surface area contributed by atoms with Crippen molar-refractivity contribution in [1.82, 2.24) is 0 Å². The first-order chi connectivity index (χ1) is 9.21. The number of ether oxygens (including phenoxy) is 3. The van der Waals surface area contributed by atoms with Crippen molar-refractivity contribution in [1.29, 1.82) is 0 Å². The van der Waals surface area contributed by atoms with E-state index in [0.29, 0.717) is 28.4 Å². The first-order valence-corrected chi connectivity index (χ1v) is 5.59. The van der Waals surface area contributed by atoms with Gasteiger partial charge in [-0.3, -0.25) is 0 Å². The van der Waals surface area contributed by atoms with Crippen molar-refractivity contribution in [3.63, 3.8) is 0 Å². The minimum atomic E-state index is -0.465. The van der Waals surface area contributed by atoms with Crippen molar-refractivity contribution in [2.45, 2.75) is 0 Å². The number of carbonyl (C=O) groups excluding carboxylic acids is 1. The molecule has 100 valence electrons. The third kappa shape index (κ3) is 2.40. The Bertz CT molecular complexity index is 572. The van der Waals surface area contributed by atoms with Crippen LogP contribution in [-0.2, 0) is 4.74 Å². The Labute approximate surface area is 110 Å². The minimum Gasteiger partial charge on any atom is -0.493 e. The summed E-state index contributed by atoms with van der Waals surface area (Å²) in [5.74, 6) is 1.06. The number of furan rings is 1. The van der Waals surface area contributed by atoms with Crippen LogP contribution in [0.3, 0.4) is 0 Å². The Morgan fingerprint density at radius 3 is 2.32 bits per heavy atom. The van der Waals surface area contributed by atoms with Gasteiger partial charge in [0.05, 0.1) is 33.2 Å². The summed E-state index contributed by atoms with van der Waals surface area (Å²) in [6, 6.07) is 6.76. The topological polar surface area (TPSA) is 57.9 Å². The third-order valence-corrected chi connectivity index (χ3v) is 2.72. The summed E-state index contributed by atoms with van der Waals surface area (Å²) in [5.41, 5.74) is 0.949. The van der Waals surface area contributed by atoms with Crippen LogP contribution in [0.1, 0.15) is 10.4 Å². The van der Waals surface area contributed by atoms with E-state index in [1.165, 1.54) is 27.6 Å². The van der Waals surface area contributed by atoms with Crippen LogP contribution in [0.4, 0.5) is 0 Å². The molecule has 2 rings (SSSR count). The number of carbonyl (C=O) groups is 1. The van der Waals surface area contributed by atoms with Gasteiger partial charge in [-0.1, -0.05) is 0 Å². The first-order valence-electron chi connectivity index (χ1n) is 5.59. The van der Waals surface area contributed by atoms with Crippen LogP contribution in [0, 0.1) is 0 Å². The quantitative estimate of drug-likeness (QED) is 0.793. The Hall–Kier alpha value is -2.43. The molecule has 5 heteroatoms. The van der Waals surface area contributed by atoms with E-state index in [4.69, 9.17) is 18.6 Å². The number of benzene rings is 1. The molecule has 2 aromatic rings. The molecule has 0 aliphatic carbocycles. The summed E-state index contributed by atoms with van der Waals surface area (Å²) < 4.78 is 20.5. The van der Waals surface area contributed by atoms with Crippen LogP contribution in [0.15, 0.2) is 34.9 Å². The molecule has 0 fully saturated rings. The zero-order chi connectivity index (χ0) is 13.8. The van der Waals surface area contributed by atoms with Gasteiger partial charge in [0.15, 0.2) is 11.5 Å². The summed E-state index contributed by atoms with van der Waals surface area (Å²) in [5, 5.41) is 0. The van der Waals surface area contributed by atoms with E-state index in [1.54, 1.807) is 24.3 Å². The molecule has 0 spiro atoms. The summed E-state index contributed by atoms with van der Waals surface area (Å²) in [4.78, 5) is 11.8. The SMILES string of the molecule is COC(=O)c1cc(OC)c(OC)cc1-c1ccco1. The molecule has 19 heavy (non-hydrogen) atoms. The Morgan fingerprint density at radius 1 is 1.11 bits per heavy atom. The predicted molar refractivity (Wildman–Crippen MR) is 68.6 cm³/mol. The lowest BCUT2D eigenvalue weighted by atomic mass is 10.0. The molecular weight excluding hydrogens is 248 g/mol. The van der Waals surface area contributed by atoms with Gasteiger partial charge in [-0.15, -0.1) is 0 Å². The largest absolute Gasteiger partial charge is 0.493 e. The fourth-order valence-corrected chi connectivity index (χ4v) is 1.79. The van der Waals surface area contributed by atoms with Crippen LogP contribution in [0.25, 0.3) is 11.3 Å². The van der Waals surface area contributed by atoms with E-state index in [1.807, 2.05) is 0 Å². The van der Waals surface area contributed by atoms with E-state index in [0.717, 1.165) is 0 Å². The maximum Gasteiger partial charge on any atom is 0.338 e. The number of rotatable bonds is 4. The van der Waals surface area contributed by atoms with Gasteiger partial charge in [-0.05, 0) is 24.3 Å². The Kier molecular flexibility index (Phi) is 3.75. The van der Waals surface area contributed by atoms with E-state index >= 15 is 0 Å². The highest BCUT2D eigenvalue weighted by atomic mass is 16.5. The summed E-state index contributed by atoms with van der Waals surface area (Å²) in [6.07, 6.45) is 1.53.